The van der Waals surface area contributed by atoms with Gasteiger partial charge in [0, 0.05) is 24.8 Å². The Morgan fingerprint density at radius 2 is 1.23 bits per heavy atom. The number of para-hydroxylation sites is 1. The fraction of sp³-hybridized carbons (Fsp3) is 0.385. The van der Waals surface area contributed by atoms with E-state index in [0.29, 0.717) is 24.8 Å². The van der Waals surface area contributed by atoms with Gasteiger partial charge >= 0.3 is 23.9 Å². The minimum absolute atomic E-state index is 0.0400. The lowest BCUT2D eigenvalue weighted by atomic mass is 10.1. The summed E-state index contributed by atoms with van der Waals surface area (Å²) in [7, 11) is 0. The summed E-state index contributed by atoms with van der Waals surface area (Å²) in [5, 5.41) is 9.89. The molecule has 0 fully saturated rings. The van der Waals surface area contributed by atoms with Crippen LogP contribution in [0.25, 0.3) is 0 Å². The molecule has 0 saturated heterocycles. The lowest BCUT2D eigenvalue weighted by molar-refractivity contribution is -0.138. The van der Waals surface area contributed by atoms with Gasteiger partial charge in [0.2, 0.25) is 5.75 Å². The van der Waals surface area contributed by atoms with E-state index in [2.05, 4.69) is 0 Å². The molecule has 35 heavy (non-hydrogen) atoms. The van der Waals surface area contributed by atoms with Gasteiger partial charge in [0.15, 0.2) is 11.5 Å². The molecule has 2 rings (SSSR count). The van der Waals surface area contributed by atoms with Crippen LogP contribution in [-0.2, 0) is 25.7 Å². The molecule has 0 saturated carbocycles. The van der Waals surface area contributed by atoms with Crippen LogP contribution in [0.15, 0.2) is 36.4 Å². The number of hydrogen-bond donors (Lipinski definition) is 1. The minimum Gasteiger partial charge on any atom is -0.508 e. The third-order valence-corrected chi connectivity index (χ3v) is 4.63. The van der Waals surface area contributed by atoms with Crippen molar-refractivity contribution in [3.8, 4) is 23.0 Å². The van der Waals surface area contributed by atoms with Gasteiger partial charge in [-0.3, -0.25) is 14.4 Å². The Balaban J connectivity index is 2.46. The molecule has 0 atom stereocenters. The maximum atomic E-state index is 12.8. The second-order valence-electron chi connectivity index (χ2n) is 7.68. The van der Waals surface area contributed by atoms with E-state index in [1.54, 1.807) is 39.0 Å². The van der Waals surface area contributed by atoms with Crippen LogP contribution in [0.4, 0.5) is 0 Å². The van der Waals surface area contributed by atoms with E-state index in [0.717, 1.165) is 0 Å². The van der Waals surface area contributed by atoms with Gasteiger partial charge in [-0.25, -0.2) is 4.79 Å². The molecule has 2 aromatic rings. The fourth-order valence-corrected chi connectivity index (χ4v) is 2.93. The Labute approximate surface area is 203 Å². The fourth-order valence-electron chi connectivity index (χ4n) is 2.93. The van der Waals surface area contributed by atoms with E-state index in [1.165, 1.54) is 18.2 Å². The number of aromatic hydroxyl groups is 1. The second-order valence-corrected chi connectivity index (χ2v) is 7.68. The highest BCUT2D eigenvalue weighted by molar-refractivity contribution is 5.92. The smallest absolute Gasteiger partial charge is 0.338 e. The normalized spacial score (nSPS) is 10.4. The summed E-state index contributed by atoms with van der Waals surface area (Å²) in [6, 6.07) is 8.74. The third-order valence-electron chi connectivity index (χ3n) is 4.63. The van der Waals surface area contributed by atoms with E-state index in [9.17, 15) is 24.3 Å². The predicted molar refractivity (Wildman–Crippen MR) is 125 cm³/mol. The summed E-state index contributed by atoms with van der Waals surface area (Å²) >= 11 is 0. The molecule has 0 spiro atoms. The van der Waals surface area contributed by atoms with Gasteiger partial charge in [-0.2, -0.15) is 0 Å². The number of hydrogen-bond acceptors (Lipinski definition) is 9. The number of benzene rings is 2. The number of rotatable bonds is 12. The van der Waals surface area contributed by atoms with Crippen LogP contribution in [0.1, 0.15) is 75.2 Å². The standard InChI is InChI=1S/C26H30O9/c1-4-9-22(28)33-20-14-18(26(31)32-16-17-12-7-8-13-19(17)27)15-21(34-23(29)10-5-2)25(20)35-24(30)11-6-3/h7-8,12-15,27H,4-6,9-11,16H2,1-3H3. The number of esters is 4. The van der Waals surface area contributed by atoms with Crippen molar-refractivity contribution in [2.24, 2.45) is 0 Å². The number of carbonyl (C=O) groups excluding carboxylic acids is 4. The molecule has 2 aromatic carbocycles. The summed E-state index contributed by atoms with van der Waals surface area (Å²) < 4.78 is 21.4. The van der Waals surface area contributed by atoms with Gasteiger partial charge in [-0.05, 0) is 37.5 Å². The lowest BCUT2D eigenvalue weighted by Gasteiger charge is -2.16. The van der Waals surface area contributed by atoms with Crippen molar-refractivity contribution in [1.82, 2.24) is 0 Å². The molecule has 0 aliphatic heterocycles. The summed E-state index contributed by atoms with van der Waals surface area (Å²) in [6.45, 7) is 5.13. The van der Waals surface area contributed by atoms with Crippen LogP contribution < -0.4 is 14.2 Å². The second kappa shape index (κ2) is 13.7. The predicted octanol–water partition coefficient (Wildman–Crippen LogP) is 4.87. The molecule has 0 amide bonds. The molecule has 0 aliphatic carbocycles. The molecular formula is C26H30O9. The Morgan fingerprint density at radius 3 is 1.71 bits per heavy atom. The molecule has 0 heterocycles. The molecule has 0 unspecified atom stereocenters. The summed E-state index contributed by atoms with van der Waals surface area (Å²) in [4.78, 5) is 49.5. The maximum absolute atomic E-state index is 12.8. The summed E-state index contributed by atoms with van der Waals surface area (Å²) in [5.41, 5.74) is 0.282. The Bertz CT molecular complexity index is 1020. The zero-order chi connectivity index (χ0) is 25.8. The molecule has 9 heteroatoms. The highest BCUT2D eigenvalue weighted by atomic mass is 16.6. The monoisotopic (exact) mass is 486 g/mol. The van der Waals surface area contributed by atoms with E-state index in [4.69, 9.17) is 18.9 Å². The number of ether oxygens (including phenoxy) is 4. The van der Waals surface area contributed by atoms with Crippen LogP contribution in [0.5, 0.6) is 23.0 Å². The summed E-state index contributed by atoms with van der Waals surface area (Å²) in [6.07, 6.45) is 1.75. The molecule has 0 aliphatic rings. The van der Waals surface area contributed by atoms with E-state index in [-0.39, 0.29) is 54.4 Å². The highest BCUT2D eigenvalue weighted by Gasteiger charge is 2.25. The average Bonchev–Trinajstić information content (AvgIpc) is 2.80. The molecule has 9 nitrogen and oxygen atoms in total. The Morgan fingerprint density at radius 1 is 0.743 bits per heavy atom. The molecule has 0 radical (unpaired) electrons. The maximum Gasteiger partial charge on any atom is 0.338 e. The largest absolute Gasteiger partial charge is 0.508 e. The SMILES string of the molecule is CCCC(=O)Oc1cc(C(=O)OCc2ccccc2O)cc(OC(=O)CCC)c1OC(=O)CCC. The van der Waals surface area contributed by atoms with Gasteiger partial charge in [0.1, 0.15) is 12.4 Å². The van der Waals surface area contributed by atoms with Crippen molar-refractivity contribution in [2.45, 2.75) is 65.9 Å². The van der Waals surface area contributed by atoms with Crippen molar-refractivity contribution >= 4 is 23.9 Å². The van der Waals surface area contributed by atoms with Crippen molar-refractivity contribution in [3.63, 3.8) is 0 Å². The first kappa shape index (κ1) is 27.4. The first-order valence-corrected chi connectivity index (χ1v) is 11.5. The Kier molecular flexibility index (Phi) is 10.7. The van der Waals surface area contributed by atoms with Gasteiger partial charge < -0.3 is 24.1 Å². The third kappa shape index (κ3) is 8.44. The highest BCUT2D eigenvalue weighted by Crippen LogP contribution is 2.40. The van der Waals surface area contributed by atoms with Gasteiger partial charge in [0.25, 0.3) is 0 Å². The Hall–Kier alpha value is -3.88. The molecule has 0 aromatic heterocycles. The van der Waals surface area contributed by atoms with Crippen LogP contribution in [0.3, 0.4) is 0 Å². The number of phenolic OH excluding ortho intramolecular Hbond substituents is 1. The first-order chi connectivity index (χ1) is 16.8. The van der Waals surface area contributed by atoms with Crippen molar-refractivity contribution in [2.75, 3.05) is 0 Å². The van der Waals surface area contributed by atoms with Gasteiger partial charge in [-0.15, -0.1) is 0 Å². The average molecular weight is 487 g/mol. The van der Waals surface area contributed by atoms with Crippen LogP contribution >= 0.6 is 0 Å². The van der Waals surface area contributed by atoms with Gasteiger partial charge in [-0.1, -0.05) is 39.0 Å². The number of phenols is 1. The summed E-state index contributed by atoms with van der Waals surface area (Å²) in [5.74, 6) is -3.50. The van der Waals surface area contributed by atoms with Crippen LogP contribution in [0.2, 0.25) is 0 Å². The molecule has 1 N–H and O–H groups in total. The molecule has 0 bridgehead atoms. The molecular weight excluding hydrogens is 456 g/mol. The molecule has 188 valence electrons. The lowest BCUT2D eigenvalue weighted by Crippen LogP contribution is -2.16. The van der Waals surface area contributed by atoms with Crippen LogP contribution in [0, 0.1) is 0 Å². The first-order valence-electron chi connectivity index (χ1n) is 11.5. The van der Waals surface area contributed by atoms with Crippen LogP contribution in [-0.4, -0.2) is 29.0 Å². The van der Waals surface area contributed by atoms with E-state index >= 15 is 0 Å². The van der Waals surface area contributed by atoms with E-state index < -0.39 is 23.9 Å². The zero-order valence-corrected chi connectivity index (χ0v) is 20.1. The minimum atomic E-state index is -0.833. The quantitative estimate of drug-likeness (QED) is 0.330. The van der Waals surface area contributed by atoms with Crippen molar-refractivity contribution < 1.29 is 43.2 Å². The van der Waals surface area contributed by atoms with Gasteiger partial charge in [0.05, 0.1) is 5.56 Å². The number of carbonyl (C=O) groups is 4. The van der Waals surface area contributed by atoms with E-state index in [1.807, 2.05) is 0 Å². The zero-order valence-electron chi connectivity index (χ0n) is 20.1. The van der Waals surface area contributed by atoms with Crippen molar-refractivity contribution in [3.05, 3.63) is 47.5 Å². The van der Waals surface area contributed by atoms with Crippen molar-refractivity contribution in [1.29, 1.82) is 0 Å². The topological polar surface area (TPSA) is 125 Å².